The third-order valence-corrected chi connectivity index (χ3v) is 6.14. The number of hydrogen-bond donors (Lipinski definition) is 1. The number of carbonyl (C=O) groups is 1. The van der Waals surface area contributed by atoms with E-state index in [9.17, 15) is 4.79 Å². The van der Waals surface area contributed by atoms with Crippen molar-refractivity contribution in [2.45, 2.75) is 57.1 Å². The number of thioether (sulfide) groups is 1. The number of aromatic nitrogens is 3. The molecular formula is C24H28N4OS. The molecule has 1 aliphatic carbocycles. The van der Waals surface area contributed by atoms with Crippen LogP contribution in [0, 0.1) is 6.92 Å². The van der Waals surface area contributed by atoms with Crippen LogP contribution in [0.5, 0.6) is 0 Å². The Morgan fingerprint density at radius 3 is 2.33 bits per heavy atom. The summed E-state index contributed by atoms with van der Waals surface area (Å²) < 4.78 is 2.04. The fourth-order valence-corrected chi connectivity index (χ4v) is 3.99. The van der Waals surface area contributed by atoms with E-state index in [1.807, 2.05) is 4.57 Å². The van der Waals surface area contributed by atoms with Gasteiger partial charge in [-0.15, -0.1) is 10.2 Å². The minimum absolute atomic E-state index is 0.0528. The summed E-state index contributed by atoms with van der Waals surface area (Å²) in [7, 11) is 0. The molecule has 0 atom stereocenters. The zero-order valence-electron chi connectivity index (χ0n) is 18.0. The highest BCUT2D eigenvalue weighted by molar-refractivity contribution is 7.99. The molecule has 0 spiro atoms. The Kier molecular flexibility index (Phi) is 5.69. The second kappa shape index (κ2) is 8.26. The van der Waals surface area contributed by atoms with Crippen molar-refractivity contribution in [3.8, 4) is 17.1 Å². The number of aryl methyl sites for hydroxylation is 1. The van der Waals surface area contributed by atoms with Crippen molar-refractivity contribution in [3.63, 3.8) is 0 Å². The van der Waals surface area contributed by atoms with Gasteiger partial charge in [-0.25, -0.2) is 0 Å². The van der Waals surface area contributed by atoms with Gasteiger partial charge in [-0.2, -0.15) is 0 Å². The summed E-state index contributed by atoms with van der Waals surface area (Å²) in [6, 6.07) is 17.2. The van der Waals surface area contributed by atoms with Crippen molar-refractivity contribution >= 4 is 17.7 Å². The van der Waals surface area contributed by atoms with Crippen LogP contribution in [0.25, 0.3) is 17.1 Å². The first-order valence-corrected chi connectivity index (χ1v) is 11.4. The lowest BCUT2D eigenvalue weighted by Crippen LogP contribution is -2.27. The molecule has 3 aromatic rings. The van der Waals surface area contributed by atoms with Crippen molar-refractivity contribution in [1.82, 2.24) is 20.1 Å². The van der Waals surface area contributed by atoms with Gasteiger partial charge in [-0.3, -0.25) is 9.36 Å². The minimum atomic E-state index is 0.0528. The zero-order chi connectivity index (χ0) is 21.3. The van der Waals surface area contributed by atoms with Gasteiger partial charge in [0.15, 0.2) is 11.0 Å². The highest BCUT2D eigenvalue weighted by atomic mass is 32.2. The van der Waals surface area contributed by atoms with E-state index in [1.54, 1.807) is 0 Å². The van der Waals surface area contributed by atoms with Crippen LogP contribution < -0.4 is 5.32 Å². The average molecular weight is 421 g/mol. The van der Waals surface area contributed by atoms with Crippen LogP contribution in [0.2, 0.25) is 0 Å². The maximum absolute atomic E-state index is 12.2. The monoisotopic (exact) mass is 420 g/mol. The third-order valence-electron chi connectivity index (χ3n) is 5.21. The van der Waals surface area contributed by atoms with E-state index in [0.717, 1.165) is 35.1 Å². The SMILES string of the molecule is Cc1ccc(-n2c(SCC(=O)NC3CC3)nnc2-c2ccc(C(C)(C)C)cc2)cc1. The van der Waals surface area contributed by atoms with Crippen LogP contribution in [-0.2, 0) is 10.2 Å². The van der Waals surface area contributed by atoms with Crippen LogP contribution in [0.15, 0.2) is 53.7 Å². The third kappa shape index (κ3) is 4.75. The summed E-state index contributed by atoms with van der Waals surface area (Å²) in [5.41, 5.74) is 4.56. The lowest BCUT2D eigenvalue weighted by atomic mass is 9.87. The van der Waals surface area contributed by atoms with Crippen molar-refractivity contribution in [2.24, 2.45) is 0 Å². The quantitative estimate of drug-likeness (QED) is 0.576. The summed E-state index contributed by atoms with van der Waals surface area (Å²) in [6.45, 7) is 8.69. The first-order chi connectivity index (χ1) is 14.3. The Bertz CT molecular complexity index is 1030. The Hall–Kier alpha value is -2.60. The molecule has 2 aromatic carbocycles. The molecule has 5 nitrogen and oxygen atoms in total. The van der Waals surface area contributed by atoms with Gasteiger partial charge in [0.25, 0.3) is 0 Å². The molecule has 0 unspecified atom stereocenters. The normalized spacial score (nSPS) is 14.0. The van der Waals surface area contributed by atoms with Gasteiger partial charge in [-0.05, 0) is 42.9 Å². The van der Waals surface area contributed by atoms with Crippen LogP contribution in [0.3, 0.4) is 0 Å². The molecule has 1 heterocycles. The lowest BCUT2D eigenvalue weighted by Gasteiger charge is -2.19. The highest BCUT2D eigenvalue weighted by Gasteiger charge is 2.24. The first-order valence-electron chi connectivity index (χ1n) is 10.4. The Labute approximate surface area is 182 Å². The number of amides is 1. The molecule has 1 aromatic heterocycles. The molecule has 0 saturated heterocycles. The Morgan fingerprint density at radius 2 is 1.73 bits per heavy atom. The zero-order valence-corrected chi connectivity index (χ0v) is 18.8. The predicted octanol–water partition coefficient (Wildman–Crippen LogP) is 4.91. The molecule has 156 valence electrons. The highest BCUT2D eigenvalue weighted by Crippen LogP contribution is 2.30. The Morgan fingerprint density at radius 1 is 1.07 bits per heavy atom. The average Bonchev–Trinajstić information content (AvgIpc) is 3.42. The van der Waals surface area contributed by atoms with E-state index in [1.165, 1.54) is 22.9 Å². The number of benzene rings is 2. The second-order valence-electron chi connectivity index (χ2n) is 8.93. The van der Waals surface area contributed by atoms with E-state index >= 15 is 0 Å². The van der Waals surface area contributed by atoms with Crippen molar-refractivity contribution in [2.75, 3.05) is 5.75 Å². The second-order valence-corrected chi connectivity index (χ2v) is 9.88. The Balaban J connectivity index is 1.66. The number of nitrogens with zero attached hydrogens (tertiary/aromatic N) is 3. The van der Waals surface area contributed by atoms with Crippen molar-refractivity contribution in [1.29, 1.82) is 0 Å². The van der Waals surface area contributed by atoms with E-state index in [4.69, 9.17) is 0 Å². The van der Waals surface area contributed by atoms with Crippen LogP contribution >= 0.6 is 11.8 Å². The fourth-order valence-electron chi connectivity index (χ4n) is 3.22. The molecule has 1 amide bonds. The molecule has 4 rings (SSSR count). The van der Waals surface area contributed by atoms with Gasteiger partial charge in [0.2, 0.25) is 5.91 Å². The standard InChI is InChI=1S/C24H28N4OS/c1-16-5-13-20(14-6-16)28-22(17-7-9-18(10-8-17)24(2,3)4)26-27-23(28)30-15-21(29)25-19-11-12-19/h5-10,13-14,19H,11-12,15H2,1-4H3,(H,25,29). The first kappa shape index (κ1) is 20.7. The van der Waals surface area contributed by atoms with E-state index < -0.39 is 0 Å². The van der Waals surface area contributed by atoms with Crippen molar-refractivity contribution < 1.29 is 4.79 Å². The summed E-state index contributed by atoms with van der Waals surface area (Å²) in [5.74, 6) is 1.17. The van der Waals surface area contributed by atoms with Crippen LogP contribution in [-0.4, -0.2) is 32.5 Å². The van der Waals surface area contributed by atoms with Crippen molar-refractivity contribution in [3.05, 3.63) is 59.7 Å². The molecule has 0 aliphatic heterocycles. The van der Waals surface area contributed by atoms with Gasteiger partial charge < -0.3 is 5.32 Å². The molecule has 6 heteroatoms. The molecule has 1 N–H and O–H groups in total. The van der Waals surface area contributed by atoms with E-state index in [2.05, 4.69) is 91.7 Å². The minimum Gasteiger partial charge on any atom is -0.353 e. The van der Waals surface area contributed by atoms with Gasteiger partial charge in [0.1, 0.15) is 0 Å². The largest absolute Gasteiger partial charge is 0.353 e. The van der Waals surface area contributed by atoms with Crippen LogP contribution in [0.1, 0.15) is 44.7 Å². The summed E-state index contributed by atoms with van der Waals surface area (Å²) in [6.07, 6.45) is 2.18. The molecule has 1 aliphatic rings. The summed E-state index contributed by atoms with van der Waals surface area (Å²) in [5, 5.41) is 12.7. The summed E-state index contributed by atoms with van der Waals surface area (Å²) >= 11 is 1.42. The maximum Gasteiger partial charge on any atom is 0.230 e. The van der Waals surface area contributed by atoms with E-state index in [0.29, 0.717) is 11.8 Å². The van der Waals surface area contributed by atoms with E-state index in [-0.39, 0.29) is 11.3 Å². The molecule has 0 bridgehead atoms. The fraction of sp³-hybridized carbons (Fsp3) is 0.375. The molecule has 1 saturated carbocycles. The molecule has 1 fully saturated rings. The topological polar surface area (TPSA) is 59.8 Å². The number of hydrogen-bond acceptors (Lipinski definition) is 4. The number of rotatable bonds is 6. The number of carbonyl (C=O) groups excluding carboxylic acids is 1. The molecular weight excluding hydrogens is 392 g/mol. The van der Waals surface area contributed by atoms with Gasteiger partial charge in [0.05, 0.1) is 5.75 Å². The summed E-state index contributed by atoms with van der Waals surface area (Å²) in [4.78, 5) is 12.2. The maximum atomic E-state index is 12.2. The van der Waals surface area contributed by atoms with Crippen LogP contribution in [0.4, 0.5) is 0 Å². The predicted molar refractivity (Wildman–Crippen MR) is 122 cm³/mol. The smallest absolute Gasteiger partial charge is 0.230 e. The van der Waals surface area contributed by atoms with Gasteiger partial charge in [-0.1, -0.05) is 74.5 Å². The lowest BCUT2D eigenvalue weighted by molar-refractivity contribution is -0.118. The number of nitrogens with one attached hydrogen (secondary N) is 1. The molecule has 30 heavy (non-hydrogen) atoms. The molecule has 0 radical (unpaired) electrons. The van der Waals surface area contributed by atoms with Gasteiger partial charge >= 0.3 is 0 Å². The van der Waals surface area contributed by atoms with Gasteiger partial charge in [0, 0.05) is 17.3 Å².